The Kier molecular flexibility index (Phi) is 4.93. The summed E-state index contributed by atoms with van der Waals surface area (Å²) in [6.07, 6.45) is 0. The number of amides is 1. The van der Waals surface area contributed by atoms with Gasteiger partial charge in [-0.25, -0.2) is 0 Å². The highest BCUT2D eigenvalue weighted by molar-refractivity contribution is 7.80. The summed E-state index contributed by atoms with van der Waals surface area (Å²) in [7, 11) is 0. The molecule has 3 aromatic carbocycles. The largest absolute Gasteiger partial charge is 0.299 e. The zero-order chi connectivity index (χ0) is 16.9. The predicted molar refractivity (Wildman–Crippen MR) is 102 cm³/mol. The summed E-state index contributed by atoms with van der Waals surface area (Å²) in [5.74, 6) is -0.296. The van der Waals surface area contributed by atoms with Gasteiger partial charge in [-0.1, -0.05) is 54.1 Å². The van der Waals surface area contributed by atoms with Crippen LogP contribution in [0.3, 0.4) is 0 Å². The number of carbonyl (C=O) groups is 1. The predicted octanol–water partition coefficient (Wildman–Crippen LogP) is 4.12. The second-order valence-corrected chi connectivity index (χ2v) is 5.86. The molecule has 0 aliphatic rings. The van der Waals surface area contributed by atoms with E-state index in [0.29, 0.717) is 10.6 Å². The third-order valence-electron chi connectivity index (χ3n) is 3.43. The van der Waals surface area contributed by atoms with Crippen LogP contribution in [0.1, 0.15) is 10.4 Å². The summed E-state index contributed by atoms with van der Waals surface area (Å²) in [6.45, 7) is 0. The fourth-order valence-corrected chi connectivity index (χ4v) is 2.70. The molecule has 0 saturated heterocycles. The number of hydrogen-bond donors (Lipinski definition) is 3. The first-order valence-electron chi connectivity index (χ1n) is 7.25. The Morgan fingerprint density at radius 3 is 2.38 bits per heavy atom. The Morgan fingerprint density at radius 1 is 0.875 bits per heavy atom. The van der Waals surface area contributed by atoms with E-state index in [1.54, 1.807) is 18.2 Å². The Morgan fingerprint density at radius 2 is 1.58 bits per heavy atom. The highest BCUT2D eigenvalue weighted by Crippen LogP contribution is 2.25. The average Bonchev–Trinajstić information content (AvgIpc) is 2.61. The Hall–Kier alpha value is -2.63. The van der Waals surface area contributed by atoms with E-state index in [-0.39, 0.29) is 11.0 Å². The molecule has 1 amide bonds. The number of fused-ring (bicyclic) bond motifs is 1. The molecule has 0 aromatic heterocycles. The van der Waals surface area contributed by atoms with Gasteiger partial charge in [-0.15, -0.1) is 0 Å². The first-order chi connectivity index (χ1) is 11.6. The van der Waals surface area contributed by atoms with Crippen molar-refractivity contribution >= 4 is 51.3 Å². The van der Waals surface area contributed by atoms with Crippen LogP contribution in [0, 0.1) is 0 Å². The van der Waals surface area contributed by atoms with Gasteiger partial charge in [0.25, 0.3) is 5.91 Å². The van der Waals surface area contributed by atoms with E-state index in [9.17, 15) is 4.79 Å². The van der Waals surface area contributed by atoms with Crippen molar-refractivity contribution in [3.8, 4) is 0 Å². The van der Waals surface area contributed by atoms with Crippen LogP contribution in [0.5, 0.6) is 0 Å². The minimum Gasteiger partial charge on any atom is -0.299 e. The number of hydrogen-bond acceptors (Lipinski definition) is 3. The summed E-state index contributed by atoms with van der Waals surface area (Å²) in [4.78, 5) is 12.5. The lowest BCUT2D eigenvalue weighted by Gasteiger charge is -2.12. The molecule has 24 heavy (non-hydrogen) atoms. The van der Waals surface area contributed by atoms with Crippen LogP contribution in [0.2, 0.25) is 5.02 Å². The van der Waals surface area contributed by atoms with Crippen LogP contribution < -0.4 is 16.2 Å². The maximum atomic E-state index is 12.5. The molecule has 0 fully saturated rings. The number of thiocarbonyl (C=S) groups is 1. The Bertz CT molecular complexity index is 899. The number of para-hydroxylation sites is 1. The molecule has 0 aliphatic heterocycles. The van der Waals surface area contributed by atoms with Crippen LogP contribution in [-0.2, 0) is 0 Å². The molecule has 6 heteroatoms. The van der Waals surface area contributed by atoms with Gasteiger partial charge >= 0.3 is 0 Å². The quantitative estimate of drug-likeness (QED) is 0.488. The van der Waals surface area contributed by atoms with Gasteiger partial charge in [-0.05, 0) is 41.9 Å². The van der Waals surface area contributed by atoms with E-state index >= 15 is 0 Å². The number of rotatable bonds is 3. The molecule has 0 unspecified atom stereocenters. The molecule has 0 heterocycles. The minimum atomic E-state index is -0.296. The van der Waals surface area contributed by atoms with Crippen molar-refractivity contribution in [1.29, 1.82) is 0 Å². The molecule has 3 N–H and O–H groups in total. The molecule has 0 saturated carbocycles. The van der Waals surface area contributed by atoms with Crippen molar-refractivity contribution in [3.63, 3.8) is 0 Å². The van der Waals surface area contributed by atoms with Gasteiger partial charge in [0.05, 0.1) is 5.69 Å². The lowest BCUT2D eigenvalue weighted by molar-refractivity contribution is 0.0978. The number of anilines is 1. The van der Waals surface area contributed by atoms with E-state index in [4.69, 9.17) is 23.8 Å². The van der Waals surface area contributed by atoms with Gasteiger partial charge in [0, 0.05) is 16.0 Å². The van der Waals surface area contributed by atoms with E-state index in [2.05, 4.69) is 16.2 Å². The molecule has 120 valence electrons. The van der Waals surface area contributed by atoms with Crippen LogP contribution in [0.25, 0.3) is 10.8 Å². The van der Waals surface area contributed by atoms with Crippen LogP contribution >= 0.6 is 23.8 Å². The Balaban J connectivity index is 1.71. The summed E-state index contributed by atoms with van der Waals surface area (Å²) < 4.78 is 0. The van der Waals surface area contributed by atoms with Crippen molar-refractivity contribution < 1.29 is 4.79 Å². The number of carbonyl (C=O) groups excluding carboxylic acids is 1. The zero-order valence-corrected chi connectivity index (χ0v) is 14.1. The molecule has 0 spiro atoms. The lowest BCUT2D eigenvalue weighted by atomic mass is 10.0. The molecule has 0 bridgehead atoms. The fourth-order valence-electron chi connectivity index (χ4n) is 2.32. The van der Waals surface area contributed by atoms with Crippen molar-refractivity contribution in [1.82, 2.24) is 10.7 Å². The molecule has 0 radical (unpaired) electrons. The number of benzene rings is 3. The molecule has 3 aromatic rings. The maximum Gasteiger partial charge on any atom is 0.258 e. The van der Waals surface area contributed by atoms with Crippen molar-refractivity contribution in [2.45, 2.75) is 0 Å². The molecule has 3 rings (SSSR count). The SMILES string of the molecule is O=C(NC(=S)NNc1ccccc1)c1cccc2c(Cl)cccc12. The monoisotopic (exact) mass is 355 g/mol. The lowest BCUT2D eigenvalue weighted by Crippen LogP contribution is -2.42. The van der Waals surface area contributed by atoms with Crippen molar-refractivity contribution in [2.75, 3.05) is 5.43 Å². The second-order valence-electron chi connectivity index (χ2n) is 5.04. The van der Waals surface area contributed by atoms with Gasteiger partial charge < -0.3 is 0 Å². The zero-order valence-electron chi connectivity index (χ0n) is 12.5. The third-order valence-corrected chi connectivity index (χ3v) is 3.97. The van der Waals surface area contributed by atoms with E-state index in [1.165, 1.54) is 0 Å². The van der Waals surface area contributed by atoms with Crippen molar-refractivity contribution in [3.05, 3.63) is 77.3 Å². The first kappa shape index (κ1) is 16.2. The van der Waals surface area contributed by atoms with E-state index in [0.717, 1.165) is 16.5 Å². The normalized spacial score (nSPS) is 10.2. The molecule has 0 atom stereocenters. The number of nitrogens with one attached hydrogen (secondary N) is 3. The van der Waals surface area contributed by atoms with Crippen LogP contribution in [0.4, 0.5) is 5.69 Å². The molecular weight excluding hydrogens is 342 g/mol. The third kappa shape index (κ3) is 3.64. The number of hydrazine groups is 1. The highest BCUT2D eigenvalue weighted by Gasteiger charge is 2.12. The molecular formula is C18H14ClN3OS. The van der Waals surface area contributed by atoms with E-state index < -0.39 is 0 Å². The summed E-state index contributed by atoms with van der Waals surface area (Å²) >= 11 is 11.3. The van der Waals surface area contributed by atoms with E-state index in [1.807, 2.05) is 48.5 Å². The van der Waals surface area contributed by atoms with Crippen molar-refractivity contribution in [2.24, 2.45) is 0 Å². The highest BCUT2D eigenvalue weighted by atomic mass is 35.5. The van der Waals surface area contributed by atoms with Crippen LogP contribution in [0.15, 0.2) is 66.7 Å². The topological polar surface area (TPSA) is 53.2 Å². The molecule has 0 aliphatic carbocycles. The van der Waals surface area contributed by atoms with Gasteiger partial charge in [-0.2, -0.15) is 0 Å². The van der Waals surface area contributed by atoms with Gasteiger partial charge in [0.2, 0.25) is 0 Å². The summed E-state index contributed by atoms with van der Waals surface area (Å²) in [6, 6.07) is 20.3. The average molecular weight is 356 g/mol. The maximum absolute atomic E-state index is 12.5. The van der Waals surface area contributed by atoms with Crippen LogP contribution in [-0.4, -0.2) is 11.0 Å². The van der Waals surface area contributed by atoms with Gasteiger partial charge in [0.15, 0.2) is 5.11 Å². The Labute approximate surface area is 149 Å². The first-order valence-corrected chi connectivity index (χ1v) is 8.03. The second kappa shape index (κ2) is 7.29. The smallest absolute Gasteiger partial charge is 0.258 e. The molecule has 4 nitrogen and oxygen atoms in total. The number of halogens is 1. The van der Waals surface area contributed by atoms with Gasteiger partial charge in [-0.3, -0.25) is 21.0 Å². The summed E-state index contributed by atoms with van der Waals surface area (Å²) in [5.41, 5.74) is 7.05. The standard InChI is InChI=1S/C18H14ClN3OS/c19-16-11-5-8-13-14(16)9-4-10-15(13)17(23)20-18(24)22-21-12-6-2-1-3-7-12/h1-11,21H,(H2,20,22,23,24). The fraction of sp³-hybridized carbons (Fsp3) is 0. The van der Waals surface area contributed by atoms with Gasteiger partial charge in [0.1, 0.15) is 0 Å². The summed E-state index contributed by atoms with van der Waals surface area (Å²) in [5, 5.41) is 5.05. The minimum absolute atomic E-state index is 0.183.